The van der Waals surface area contributed by atoms with Gasteiger partial charge in [0, 0.05) is 6.42 Å². The Labute approximate surface area is 187 Å². The fourth-order valence-corrected chi connectivity index (χ4v) is 2.65. The molecule has 0 aliphatic rings. The molecule has 0 heterocycles. The van der Waals surface area contributed by atoms with Crippen LogP contribution in [0.15, 0.2) is 0 Å². The molecule has 0 rings (SSSR count). The van der Waals surface area contributed by atoms with Crippen LogP contribution < -0.4 is 0 Å². The summed E-state index contributed by atoms with van der Waals surface area (Å²) in [7, 11) is -4.67. The maximum absolute atomic E-state index is 10.3. The number of carboxylic acids is 1. The molecule has 0 aromatic rings. The molecule has 6 nitrogen and oxygen atoms in total. The van der Waals surface area contributed by atoms with Crippen molar-refractivity contribution in [2.45, 2.75) is 110 Å². The second-order valence-electron chi connectivity index (χ2n) is 6.54. The largest absolute Gasteiger partial charge is 0.481 e. The lowest BCUT2D eigenvalue weighted by molar-refractivity contribution is -0.137. The maximum Gasteiger partial charge on any atom is 0.394 e. The zero-order chi connectivity index (χ0) is 19.4. The highest BCUT2D eigenvalue weighted by molar-refractivity contribution is 7.79. The topological polar surface area (TPSA) is 112 Å². The minimum Gasteiger partial charge on any atom is -0.481 e. The van der Waals surface area contributed by atoms with Crippen molar-refractivity contribution in [3.63, 3.8) is 0 Å². The molecule has 0 aliphatic heterocycles. The summed E-state index contributed by atoms with van der Waals surface area (Å²) in [5.74, 6) is -0.653. The first-order valence-electron chi connectivity index (χ1n) is 9.69. The smallest absolute Gasteiger partial charge is 0.394 e. The van der Waals surface area contributed by atoms with E-state index in [1.807, 2.05) is 0 Å². The lowest BCUT2D eigenvalue weighted by atomic mass is 10.0. The minimum atomic E-state index is -4.67. The molecule has 0 aromatic carbocycles. The summed E-state index contributed by atoms with van der Waals surface area (Å²) >= 11 is 0. The molecule has 0 fully saturated rings. The average molecular weight is 443 g/mol. The predicted molar refractivity (Wildman–Crippen MR) is 121 cm³/mol. The van der Waals surface area contributed by atoms with Crippen molar-refractivity contribution in [3.05, 3.63) is 0 Å². The highest BCUT2D eigenvalue weighted by Crippen LogP contribution is 2.13. The molecular formula is C18H44Al2O6S. The lowest BCUT2D eigenvalue weighted by Gasteiger charge is -2.03. The van der Waals surface area contributed by atoms with Crippen LogP contribution in [0.4, 0.5) is 0 Å². The van der Waals surface area contributed by atoms with Gasteiger partial charge in [0.05, 0.1) is 0 Å². The van der Waals surface area contributed by atoms with Crippen LogP contribution in [-0.4, -0.2) is 63.3 Å². The molecule has 0 radical (unpaired) electrons. The summed E-state index contributed by atoms with van der Waals surface area (Å²) in [6, 6.07) is 0. The summed E-state index contributed by atoms with van der Waals surface area (Å²) in [5, 5.41) is 8.52. The van der Waals surface area contributed by atoms with Crippen LogP contribution in [0, 0.1) is 0 Å². The fourth-order valence-electron chi connectivity index (χ4n) is 2.65. The number of aliphatic carboxylic acids is 1. The van der Waals surface area contributed by atoms with Gasteiger partial charge in [0.15, 0.2) is 34.7 Å². The molecule has 0 aromatic heterocycles. The first-order chi connectivity index (χ1) is 11.8. The Bertz CT molecular complexity index is 383. The van der Waals surface area contributed by atoms with Gasteiger partial charge in [-0.2, -0.15) is 8.42 Å². The standard InChI is InChI=1S/C18H36O2.2Al.H2O4S.6H/c1-2-3-4-5-6-7-8-9-10-11-12-13-14-15-16-17-18(19)20;;;1-5(2,3)4;;;;;;/h2-17H2,1H3,(H,19,20);;;(H2,1,2,3,4);;;;;;. The van der Waals surface area contributed by atoms with Crippen molar-refractivity contribution in [2.75, 3.05) is 0 Å². The molecule has 0 aliphatic carbocycles. The Balaban J connectivity index is -0.000000333. The van der Waals surface area contributed by atoms with Gasteiger partial charge in [-0.05, 0) is 6.42 Å². The van der Waals surface area contributed by atoms with Gasteiger partial charge in [-0.25, -0.2) is 0 Å². The van der Waals surface area contributed by atoms with Crippen LogP contribution in [0.2, 0.25) is 0 Å². The zero-order valence-electron chi connectivity index (χ0n) is 15.8. The predicted octanol–water partition coefficient (Wildman–Crippen LogP) is 3.31. The van der Waals surface area contributed by atoms with Gasteiger partial charge in [0.25, 0.3) is 0 Å². The Morgan fingerprint density at radius 1 is 0.630 bits per heavy atom. The molecular weight excluding hydrogens is 398 g/mol. The molecule has 0 saturated carbocycles. The average Bonchev–Trinajstić information content (AvgIpc) is 2.49. The van der Waals surface area contributed by atoms with Gasteiger partial charge in [-0.1, -0.05) is 96.8 Å². The van der Waals surface area contributed by atoms with Gasteiger partial charge in [-0.15, -0.1) is 0 Å². The lowest BCUT2D eigenvalue weighted by Crippen LogP contribution is -1.93. The van der Waals surface area contributed by atoms with E-state index in [2.05, 4.69) is 6.92 Å². The van der Waals surface area contributed by atoms with Gasteiger partial charge < -0.3 is 5.11 Å². The van der Waals surface area contributed by atoms with E-state index in [4.69, 9.17) is 22.6 Å². The van der Waals surface area contributed by atoms with Crippen LogP contribution in [-0.2, 0) is 15.2 Å². The van der Waals surface area contributed by atoms with Crippen LogP contribution >= 0.6 is 0 Å². The van der Waals surface area contributed by atoms with E-state index in [0.29, 0.717) is 6.42 Å². The number of hydrogen-bond donors (Lipinski definition) is 3. The molecule has 0 spiro atoms. The van der Waals surface area contributed by atoms with E-state index in [0.717, 1.165) is 12.8 Å². The highest BCUT2D eigenvalue weighted by Gasteiger charge is 1.97. The Morgan fingerprint density at radius 2 is 0.852 bits per heavy atom. The van der Waals surface area contributed by atoms with E-state index >= 15 is 0 Å². The van der Waals surface area contributed by atoms with Crippen molar-refractivity contribution >= 4 is 51.1 Å². The summed E-state index contributed by atoms with van der Waals surface area (Å²) < 4.78 is 31.6. The molecule has 0 unspecified atom stereocenters. The highest BCUT2D eigenvalue weighted by atomic mass is 32.3. The van der Waals surface area contributed by atoms with Gasteiger partial charge in [0.1, 0.15) is 0 Å². The quantitative estimate of drug-likeness (QED) is 0.192. The SMILES string of the molecule is CCCCCCCCCCCCCCCCCC(=O)O.O=S(=O)(O)O.[AlH3].[AlH3]. The normalized spacial score (nSPS) is 10.2. The molecule has 3 N–H and O–H groups in total. The van der Waals surface area contributed by atoms with Crippen molar-refractivity contribution in [2.24, 2.45) is 0 Å². The number of carbonyl (C=O) groups is 1. The molecule has 0 bridgehead atoms. The van der Waals surface area contributed by atoms with Crippen molar-refractivity contribution in [3.8, 4) is 0 Å². The summed E-state index contributed by atoms with van der Waals surface area (Å²) in [6.07, 6.45) is 20.2. The van der Waals surface area contributed by atoms with Gasteiger partial charge >= 0.3 is 16.4 Å². The molecule has 0 amide bonds. The van der Waals surface area contributed by atoms with Gasteiger partial charge in [-0.3, -0.25) is 13.9 Å². The monoisotopic (exact) mass is 442 g/mol. The first kappa shape index (κ1) is 34.9. The molecule has 27 heavy (non-hydrogen) atoms. The van der Waals surface area contributed by atoms with Crippen LogP contribution in [0.25, 0.3) is 0 Å². The van der Waals surface area contributed by atoms with E-state index < -0.39 is 16.4 Å². The molecule has 0 atom stereocenters. The van der Waals surface area contributed by atoms with E-state index in [-0.39, 0.29) is 34.7 Å². The number of unbranched alkanes of at least 4 members (excludes halogenated alkanes) is 14. The van der Waals surface area contributed by atoms with Crippen molar-refractivity contribution < 1.29 is 27.4 Å². The summed E-state index contributed by atoms with van der Waals surface area (Å²) in [5.41, 5.74) is 0. The summed E-state index contributed by atoms with van der Waals surface area (Å²) in [4.78, 5) is 10.3. The number of rotatable bonds is 16. The first-order valence-corrected chi connectivity index (χ1v) is 11.1. The minimum absolute atomic E-state index is 0. The second-order valence-corrected chi connectivity index (χ2v) is 7.44. The number of carboxylic acid groups (broad SMARTS) is 1. The Hall–Kier alpha value is 0.405. The molecule has 164 valence electrons. The third-order valence-corrected chi connectivity index (χ3v) is 3.99. The molecule has 9 heteroatoms. The fraction of sp³-hybridized carbons (Fsp3) is 0.944. The summed E-state index contributed by atoms with van der Waals surface area (Å²) in [6.45, 7) is 2.27. The maximum atomic E-state index is 10.3. The van der Waals surface area contributed by atoms with Crippen molar-refractivity contribution in [1.29, 1.82) is 0 Å². The van der Waals surface area contributed by atoms with Crippen molar-refractivity contribution in [1.82, 2.24) is 0 Å². The third-order valence-electron chi connectivity index (χ3n) is 3.99. The number of hydrogen-bond acceptors (Lipinski definition) is 3. The Kier molecular flexibility index (Phi) is 34.1. The van der Waals surface area contributed by atoms with E-state index in [9.17, 15) is 4.79 Å². The molecule has 0 saturated heterocycles. The zero-order valence-corrected chi connectivity index (χ0v) is 16.6. The Morgan fingerprint density at radius 3 is 1.07 bits per heavy atom. The third kappa shape index (κ3) is 51.9. The van der Waals surface area contributed by atoms with E-state index in [1.54, 1.807) is 0 Å². The second kappa shape index (κ2) is 26.4. The van der Waals surface area contributed by atoms with Crippen LogP contribution in [0.3, 0.4) is 0 Å². The van der Waals surface area contributed by atoms with Crippen LogP contribution in [0.5, 0.6) is 0 Å². The van der Waals surface area contributed by atoms with Crippen LogP contribution in [0.1, 0.15) is 110 Å². The van der Waals surface area contributed by atoms with Gasteiger partial charge in [0.2, 0.25) is 0 Å². The van der Waals surface area contributed by atoms with E-state index in [1.165, 1.54) is 83.5 Å².